The molecule has 0 spiro atoms. The molecule has 3 N–H and O–H groups in total. The second-order valence-electron chi connectivity index (χ2n) is 14.4. The van der Waals surface area contributed by atoms with Gasteiger partial charge in [-0.1, -0.05) is 39.0 Å². The Labute approximate surface area is 303 Å². The van der Waals surface area contributed by atoms with Gasteiger partial charge in [-0.3, -0.25) is 19.2 Å². The smallest absolute Gasteiger partial charge is 0.274 e. The van der Waals surface area contributed by atoms with E-state index in [9.17, 15) is 19.2 Å². The zero-order chi connectivity index (χ0) is 37.2. The molecule has 2 aliphatic heterocycles. The number of likely N-dealkylation sites (N-methyl/N-ethyl adjacent to an activating group) is 1. The number of nitrogens with one attached hydrogen (secondary N) is 3. The van der Waals surface area contributed by atoms with Crippen molar-refractivity contribution in [1.82, 2.24) is 14.9 Å². The van der Waals surface area contributed by atoms with Crippen molar-refractivity contribution < 1.29 is 28.7 Å². The maximum atomic E-state index is 13.8. The Bertz CT molecular complexity index is 2000. The number of pyridine rings is 1. The molecule has 2 aromatic heterocycles. The van der Waals surface area contributed by atoms with Gasteiger partial charge in [0.25, 0.3) is 17.7 Å². The molecule has 0 bridgehead atoms. The molecule has 6 rings (SSSR count). The third kappa shape index (κ3) is 7.88. The van der Waals surface area contributed by atoms with Crippen LogP contribution in [0.5, 0.6) is 11.5 Å². The highest BCUT2D eigenvalue weighted by Gasteiger charge is 2.39. The molecule has 0 saturated carbocycles. The van der Waals surface area contributed by atoms with Crippen LogP contribution in [0.1, 0.15) is 70.5 Å². The lowest BCUT2D eigenvalue weighted by Gasteiger charge is -2.25. The summed E-state index contributed by atoms with van der Waals surface area (Å²) in [5, 5.41) is 8.47. The Morgan fingerprint density at radius 2 is 1.73 bits per heavy atom. The van der Waals surface area contributed by atoms with Crippen molar-refractivity contribution in [3.05, 3.63) is 89.5 Å². The van der Waals surface area contributed by atoms with Crippen LogP contribution in [0.15, 0.2) is 67.0 Å². The third-order valence-electron chi connectivity index (χ3n) is 9.06. The van der Waals surface area contributed by atoms with E-state index in [1.54, 1.807) is 36.0 Å². The first-order valence-corrected chi connectivity index (χ1v) is 17.3. The van der Waals surface area contributed by atoms with Gasteiger partial charge in [-0.2, -0.15) is 0 Å². The molecule has 4 heterocycles. The number of rotatable bonds is 11. The van der Waals surface area contributed by atoms with Crippen LogP contribution in [0.4, 0.5) is 22.7 Å². The fourth-order valence-electron chi connectivity index (χ4n) is 6.46. The first-order valence-electron chi connectivity index (χ1n) is 17.3. The van der Waals surface area contributed by atoms with Crippen LogP contribution >= 0.6 is 0 Å². The van der Waals surface area contributed by atoms with Gasteiger partial charge in [0.15, 0.2) is 11.5 Å². The molecule has 4 amide bonds. The van der Waals surface area contributed by atoms with Crippen molar-refractivity contribution in [3.8, 4) is 11.5 Å². The van der Waals surface area contributed by atoms with Crippen molar-refractivity contribution in [2.24, 2.45) is 12.5 Å². The molecule has 2 aliphatic rings. The lowest BCUT2D eigenvalue weighted by molar-refractivity contribution is -0.116. The summed E-state index contributed by atoms with van der Waals surface area (Å²) < 4.78 is 13.3. The highest BCUT2D eigenvalue weighted by Crippen LogP contribution is 2.42. The summed E-state index contributed by atoms with van der Waals surface area (Å²) in [6.45, 7) is 7.54. The number of methoxy groups -OCH3 is 1. The second kappa shape index (κ2) is 14.8. The summed E-state index contributed by atoms with van der Waals surface area (Å²) in [6, 6.07) is 16.4. The summed E-state index contributed by atoms with van der Waals surface area (Å²) in [4.78, 5) is 60.1. The Kier molecular flexibility index (Phi) is 10.2. The van der Waals surface area contributed by atoms with E-state index in [1.165, 1.54) is 24.9 Å². The Balaban J connectivity index is 0.997. The van der Waals surface area contributed by atoms with Crippen molar-refractivity contribution in [1.29, 1.82) is 0 Å². The first kappa shape index (κ1) is 36.0. The predicted molar refractivity (Wildman–Crippen MR) is 200 cm³/mol. The van der Waals surface area contributed by atoms with E-state index < -0.39 is 5.91 Å². The number of hydrogen-bond donors (Lipinski definition) is 3. The van der Waals surface area contributed by atoms with E-state index in [0.717, 1.165) is 17.8 Å². The molecular formula is C39H45N7O6. The minimum absolute atomic E-state index is 0.0294. The number of fused-ring (bicyclic) bond motifs is 4. The van der Waals surface area contributed by atoms with Gasteiger partial charge in [0.2, 0.25) is 5.91 Å². The fraction of sp³-hybridized carbons (Fsp3) is 0.359. The average Bonchev–Trinajstić information content (AvgIpc) is 3.64. The van der Waals surface area contributed by atoms with Crippen LogP contribution in [0.2, 0.25) is 0 Å². The molecular weight excluding hydrogens is 662 g/mol. The van der Waals surface area contributed by atoms with Crippen LogP contribution in [-0.4, -0.2) is 73.1 Å². The Hall–Kier alpha value is -5.85. The van der Waals surface area contributed by atoms with Gasteiger partial charge in [-0.25, -0.2) is 4.98 Å². The number of anilines is 4. The largest absolute Gasteiger partial charge is 0.493 e. The lowest BCUT2D eigenvalue weighted by atomic mass is 9.97. The molecule has 1 atom stereocenters. The molecule has 13 nitrogen and oxygen atoms in total. The zero-order valence-corrected chi connectivity index (χ0v) is 30.4. The minimum Gasteiger partial charge on any atom is -0.493 e. The number of nitrogens with zero attached hydrogens (tertiary/aromatic N) is 4. The van der Waals surface area contributed by atoms with Gasteiger partial charge in [-0.05, 0) is 54.2 Å². The number of benzene rings is 2. The maximum absolute atomic E-state index is 13.8. The molecule has 0 fully saturated rings. The third-order valence-corrected chi connectivity index (χ3v) is 9.06. The molecule has 0 aliphatic carbocycles. The van der Waals surface area contributed by atoms with Crippen molar-refractivity contribution in [2.75, 3.05) is 54.3 Å². The maximum Gasteiger partial charge on any atom is 0.274 e. The predicted octanol–water partition coefficient (Wildman–Crippen LogP) is 5.28. The number of aromatic nitrogens is 2. The van der Waals surface area contributed by atoms with Crippen molar-refractivity contribution in [2.45, 2.75) is 46.1 Å². The number of carbonyl (C=O) groups excluding carboxylic acids is 4. The summed E-state index contributed by atoms with van der Waals surface area (Å²) in [5.41, 5.74) is 4.86. The molecule has 13 heteroatoms. The Morgan fingerprint density at radius 1 is 0.942 bits per heavy atom. The lowest BCUT2D eigenvalue weighted by Crippen LogP contribution is -2.41. The van der Waals surface area contributed by atoms with Gasteiger partial charge < -0.3 is 39.8 Å². The number of aryl methyl sites for hydroxylation is 1. The number of carbonyl (C=O) groups is 4. The molecule has 0 saturated heterocycles. The quantitative estimate of drug-likeness (QED) is 0.179. The van der Waals surface area contributed by atoms with E-state index in [1.807, 2.05) is 57.0 Å². The number of ether oxygens (including phenoxy) is 2. The van der Waals surface area contributed by atoms with E-state index in [0.29, 0.717) is 53.6 Å². The molecule has 52 heavy (non-hydrogen) atoms. The molecule has 272 valence electrons. The van der Waals surface area contributed by atoms with E-state index in [2.05, 4.69) is 31.9 Å². The van der Waals surface area contributed by atoms with E-state index >= 15 is 0 Å². The first-order chi connectivity index (χ1) is 24.8. The Morgan fingerprint density at radius 3 is 2.46 bits per heavy atom. The van der Waals surface area contributed by atoms with Crippen LogP contribution in [0, 0.1) is 5.41 Å². The second-order valence-corrected chi connectivity index (χ2v) is 14.4. The van der Waals surface area contributed by atoms with Crippen LogP contribution in [-0.2, 0) is 18.3 Å². The number of amides is 4. The summed E-state index contributed by atoms with van der Waals surface area (Å²) >= 11 is 0. The van der Waals surface area contributed by atoms with Gasteiger partial charge in [0.05, 0.1) is 48.6 Å². The van der Waals surface area contributed by atoms with E-state index in [-0.39, 0.29) is 47.9 Å². The normalized spacial score (nSPS) is 14.9. The summed E-state index contributed by atoms with van der Waals surface area (Å²) in [6.07, 6.45) is 4.49. The minimum atomic E-state index is -0.447. The number of para-hydroxylation sites is 1. The highest BCUT2D eigenvalue weighted by molar-refractivity contribution is 6.12. The topological polar surface area (TPSA) is 147 Å². The van der Waals surface area contributed by atoms with Crippen molar-refractivity contribution >= 4 is 46.4 Å². The summed E-state index contributed by atoms with van der Waals surface area (Å²) in [5.74, 6) is -0.0327. The van der Waals surface area contributed by atoms with Crippen LogP contribution < -0.4 is 35.2 Å². The average molecular weight is 708 g/mol. The molecule has 0 unspecified atom stereocenters. The molecule has 4 aromatic rings. The highest BCUT2D eigenvalue weighted by atomic mass is 16.5. The van der Waals surface area contributed by atoms with Crippen LogP contribution in [0.25, 0.3) is 0 Å². The SMILES string of the molecule is COc1cc2c(cc1OCCCC(=O)Nc1ccc(C(=O)Nc3cc(C(=O)NCC(C)(C)C)n(C)c3)nc1)N(C)C[C@@H]1Cc3ccccc3N1C2=O. The molecule has 0 radical (unpaired) electrons. The monoisotopic (exact) mass is 707 g/mol. The number of hydrogen-bond acceptors (Lipinski definition) is 8. The van der Waals surface area contributed by atoms with Gasteiger partial charge in [0, 0.05) is 51.6 Å². The van der Waals surface area contributed by atoms with Gasteiger partial charge in [-0.15, -0.1) is 0 Å². The van der Waals surface area contributed by atoms with Gasteiger partial charge in [0.1, 0.15) is 11.4 Å². The van der Waals surface area contributed by atoms with Gasteiger partial charge >= 0.3 is 0 Å². The molecule has 2 aromatic carbocycles. The van der Waals surface area contributed by atoms with Crippen molar-refractivity contribution in [3.63, 3.8) is 0 Å². The summed E-state index contributed by atoms with van der Waals surface area (Å²) in [7, 11) is 5.25. The standard InChI is InChI=1S/C39H45N7O6/c1-39(2,3)23-41-37(49)32-17-26(21-44(32)4)43-36(48)29-14-13-25(20-40-29)42-35(47)12-9-15-52-34-19-31-28(18-33(34)51-6)38(50)46-27(22-45(31)5)16-24-10-7-8-11-30(24)46/h7-8,10-11,13-14,17-21,27H,9,12,15-16,22-23H2,1-6H3,(H,41,49)(H,42,47)(H,43,48)/t27-/m0/s1. The zero-order valence-electron chi connectivity index (χ0n) is 30.4. The van der Waals surface area contributed by atoms with Crippen LogP contribution in [0.3, 0.4) is 0 Å². The fourth-order valence-corrected chi connectivity index (χ4v) is 6.46. The van der Waals surface area contributed by atoms with E-state index in [4.69, 9.17) is 9.47 Å².